The van der Waals surface area contributed by atoms with Crippen molar-refractivity contribution >= 4 is 35.5 Å². The molecule has 48 heavy (non-hydrogen) atoms. The molecule has 1 heterocycles. The topological polar surface area (TPSA) is 172 Å². The molecule has 1 fully saturated rings. The number of nitrogens with one attached hydrogen (secondary N) is 5. The maximum Gasteiger partial charge on any atom is 0.329 e. The summed E-state index contributed by atoms with van der Waals surface area (Å²) in [6, 6.07) is 5.01. The van der Waals surface area contributed by atoms with Crippen LogP contribution < -0.4 is 26.6 Å². The van der Waals surface area contributed by atoms with Gasteiger partial charge in [0.2, 0.25) is 29.5 Å². The van der Waals surface area contributed by atoms with Gasteiger partial charge in [0, 0.05) is 6.42 Å². The van der Waals surface area contributed by atoms with E-state index in [0.29, 0.717) is 6.42 Å². The summed E-state index contributed by atoms with van der Waals surface area (Å²) < 4.78 is 5.99. The first-order valence-electron chi connectivity index (χ1n) is 17.4. The van der Waals surface area contributed by atoms with Crippen molar-refractivity contribution in [1.82, 2.24) is 26.6 Å². The number of hydrogen-bond donors (Lipinski definition) is 5. The molecule has 0 unspecified atom stereocenters. The molecule has 12 nitrogen and oxygen atoms in total. The average molecular weight is 672 g/mol. The fourth-order valence-electron chi connectivity index (χ4n) is 5.55. The summed E-state index contributed by atoms with van der Waals surface area (Å²) in [7, 11) is 0. The first kappa shape index (κ1) is 40.2. The molecule has 12 heteroatoms. The number of carbonyl (C=O) groups is 6. The SMILES string of the molecule is CCCCCC[C@@H](C)[C@@H]1CC(=O)NCC(=O)N[C@@H](C(C)C)C(=O)N[C@H](CC(C)C)C(=O)N[C@@H](C)C(=O)N[C@@H](Cc2ccccc2)C(=O)O1. The summed E-state index contributed by atoms with van der Waals surface area (Å²) in [4.78, 5) is 80.0. The van der Waals surface area contributed by atoms with E-state index < -0.39 is 65.8 Å². The highest BCUT2D eigenvalue weighted by atomic mass is 16.5. The summed E-state index contributed by atoms with van der Waals surface area (Å²) in [6.07, 6.45) is 4.15. The first-order chi connectivity index (χ1) is 22.7. The second-order valence-corrected chi connectivity index (χ2v) is 13.7. The maximum absolute atomic E-state index is 13.8. The number of rotatable bonds is 11. The molecule has 1 aromatic rings. The van der Waals surface area contributed by atoms with Crippen LogP contribution in [0.5, 0.6) is 0 Å². The molecule has 268 valence electrons. The summed E-state index contributed by atoms with van der Waals surface area (Å²) >= 11 is 0. The van der Waals surface area contributed by atoms with Crippen LogP contribution in [0.4, 0.5) is 0 Å². The standard InChI is InChI=1S/C36H57N5O7/c1-8-9-10-12-15-24(6)29-20-30(42)37-21-31(43)41-32(23(4)5)35(46)39-27(18-22(2)3)34(45)38-25(7)33(44)40-28(36(47)48-29)19-26-16-13-11-14-17-26/h11,13-14,16-17,22-25,27-29,32H,8-10,12,15,18-21H2,1-7H3,(H,37,42)(H,38,45)(H,39,46)(H,40,44)(H,41,43)/t24-,25+,27-,28+,29+,32+/m1/s1. The van der Waals surface area contributed by atoms with E-state index >= 15 is 0 Å². The molecule has 0 aromatic heterocycles. The Morgan fingerprint density at radius 3 is 2.06 bits per heavy atom. The minimum absolute atomic E-state index is 0.0149. The van der Waals surface area contributed by atoms with Crippen molar-refractivity contribution in [3.63, 3.8) is 0 Å². The zero-order chi connectivity index (χ0) is 35.8. The predicted octanol–water partition coefficient (Wildman–Crippen LogP) is 2.93. The Kier molecular flexibility index (Phi) is 17.1. The number of benzene rings is 1. The molecular weight excluding hydrogens is 614 g/mol. The van der Waals surface area contributed by atoms with Crippen LogP contribution in [0.1, 0.15) is 99.0 Å². The molecule has 0 aliphatic carbocycles. The van der Waals surface area contributed by atoms with Crippen LogP contribution in [-0.4, -0.2) is 72.3 Å². The summed E-state index contributed by atoms with van der Waals surface area (Å²) in [5.41, 5.74) is 0.780. The van der Waals surface area contributed by atoms with Crippen LogP contribution in [0, 0.1) is 17.8 Å². The highest BCUT2D eigenvalue weighted by Gasteiger charge is 2.34. The molecule has 0 spiro atoms. The van der Waals surface area contributed by atoms with Gasteiger partial charge < -0.3 is 31.3 Å². The quantitative estimate of drug-likeness (QED) is 0.178. The number of amides is 5. The van der Waals surface area contributed by atoms with Crippen molar-refractivity contribution in [2.24, 2.45) is 17.8 Å². The van der Waals surface area contributed by atoms with Gasteiger partial charge in [0.25, 0.3) is 0 Å². The van der Waals surface area contributed by atoms with Gasteiger partial charge in [-0.05, 0) is 43.1 Å². The van der Waals surface area contributed by atoms with E-state index in [1.807, 2.05) is 51.1 Å². The third-order valence-electron chi connectivity index (χ3n) is 8.49. The zero-order valence-electron chi connectivity index (χ0n) is 29.7. The van der Waals surface area contributed by atoms with Crippen molar-refractivity contribution in [2.45, 2.75) is 130 Å². The molecule has 5 amide bonds. The summed E-state index contributed by atoms with van der Waals surface area (Å²) in [5, 5.41) is 13.4. The van der Waals surface area contributed by atoms with Crippen LogP contribution >= 0.6 is 0 Å². The Balaban J connectivity index is 2.46. The van der Waals surface area contributed by atoms with Crippen LogP contribution in [0.25, 0.3) is 0 Å². The van der Waals surface area contributed by atoms with E-state index in [9.17, 15) is 28.8 Å². The molecule has 1 saturated heterocycles. The number of cyclic esters (lactones) is 1. The van der Waals surface area contributed by atoms with Gasteiger partial charge in [-0.3, -0.25) is 24.0 Å². The van der Waals surface area contributed by atoms with E-state index in [2.05, 4.69) is 33.5 Å². The lowest BCUT2D eigenvalue weighted by Crippen LogP contribution is -2.58. The first-order valence-corrected chi connectivity index (χ1v) is 17.4. The molecule has 0 saturated carbocycles. The molecule has 2 rings (SSSR count). The van der Waals surface area contributed by atoms with E-state index in [0.717, 1.165) is 31.2 Å². The van der Waals surface area contributed by atoms with Crippen LogP contribution in [0.2, 0.25) is 0 Å². The highest BCUT2D eigenvalue weighted by molar-refractivity contribution is 5.95. The normalized spacial score (nSPS) is 24.6. The number of unbranched alkanes of at least 4 members (excludes halogenated alkanes) is 3. The molecule has 5 N–H and O–H groups in total. The lowest BCUT2D eigenvalue weighted by Gasteiger charge is -2.28. The van der Waals surface area contributed by atoms with Gasteiger partial charge in [0.05, 0.1) is 13.0 Å². The molecule has 0 radical (unpaired) electrons. The van der Waals surface area contributed by atoms with Crippen LogP contribution in [-0.2, 0) is 39.9 Å². The molecule has 1 aliphatic rings. The second kappa shape index (κ2) is 20.4. The van der Waals surface area contributed by atoms with Gasteiger partial charge in [0.1, 0.15) is 30.3 Å². The Bertz CT molecular complexity index is 1220. The number of ether oxygens (including phenoxy) is 1. The van der Waals surface area contributed by atoms with Gasteiger partial charge >= 0.3 is 5.97 Å². The van der Waals surface area contributed by atoms with Gasteiger partial charge in [0.15, 0.2) is 0 Å². The second-order valence-electron chi connectivity index (χ2n) is 13.7. The number of esters is 1. The molecule has 1 aromatic carbocycles. The fourth-order valence-corrected chi connectivity index (χ4v) is 5.55. The van der Waals surface area contributed by atoms with Crippen molar-refractivity contribution < 1.29 is 33.5 Å². The number of hydrogen-bond acceptors (Lipinski definition) is 7. The zero-order valence-corrected chi connectivity index (χ0v) is 29.7. The van der Waals surface area contributed by atoms with Crippen molar-refractivity contribution in [3.05, 3.63) is 35.9 Å². The van der Waals surface area contributed by atoms with E-state index in [1.165, 1.54) is 6.92 Å². The summed E-state index contributed by atoms with van der Waals surface area (Å²) in [6.45, 7) is 12.5. The van der Waals surface area contributed by atoms with Gasteiger partial charge in [-0.1, -0.05) is 97.6 Å². The Morgan fingerprint density at radius 2 is 1.44 bits per heavy atom. The Hall–Kier alpha value is -3.96. The summed E-state index contributed by atoms with van der Waals surface area (Å²) in [5.74, 6) is -4.00. The Labute approximate surface area is 285 Å². The van der Waals surface area contributed by atoms with Crippen molar-refractivity contribution in [2.75, 3.05) is 6.54 Å². The van der Waals surface area contributed by atoms with Crippen LogP contribution in [0.15, 0.2) is 30.3 Å². The van der Waals surface area contributed by atoms with Gasteiger partial charge in [-0.2, -0.15) is 0 Å². The fraction of sp³-hybridized carbons (Fsp3) is 0.667. The van der Waals surface area contributed by atoms with E-state index in [1.54, 1.807) is 13.8 Å². The lowest BCUT2D eigenvalue weighted by molar-refractivity contribution is -0.157. The molecule has 1 aliphatic heterocycles. The van der Waals surface area contributed by atoms with E-state index in [-0.39, 0.29) is 43.6 Å². The Morgan fingerprint density at radius 1 is 0.771 bits per heavy atom. The highest BCUT2D eigenvalue weighted by Crippen LogP contribution is 2.21. The number of carbonyl (C=O) groups excluding carboxylic acids is 6. The monoisotopic (exact) mass is 671 g/mol. The minimum atomic E-state index is -1.11. The molecule has 6 atom stereocenters. The van der Waals surface area contributed by atoms with Gasteiger partial charge in [-0.25, -0.2) is 4.79 Å². The van der Waals surface area contributed by atoms with Crippen molar-refractivity contribution in [1.29, 1.82) is 0 Å². The van der Waals surface area contributed by atoms with Crippen molar-refractivity contribution in [3.8, 4) is 0 Å². The van der Waals surface area contributed by atoms with Gasteiger partial charge in [-0.15, -0.1) is 0 Å². The smallest absolute Gasteiger partial charge is 0.329 e. The maximum atomic E-state index is 13.8. The largest absolute Gasteiger partial charge is 0.460 e. The minimum Gasteiger partial charge on any atom is -0.460 e. The van der Waals surface area contributed by atoms with E-state index in [4.69, 9.17) is 4.74 Å². The van der Waals surface area contributed by atoms with Crippen LogP contribution in [0.3, 0.4) is 0 Å². The average Bonchev–Trinajstić information content (AvgIpc) is 3.03. The lowest BCUT2D eigenvalue weighted by atomic mass is 9.94. The third kappa shape index (κ3) is 14.0. The third-order valence-corrected chi connectivity index (χ3v) is 8.49. The molecule has 0 bridgehead atoms. The predicted molar refractivity (Wildman–Crippen MR) is 183 cm³/mol. The molecular formula is C36H57N5O7.